The van der Waals surface area contributed by atoms with Crippen LogP contribution in [0.2, 0.25) is 5.02 Å². The van der Waals surface area contributed by atoms with Crippen LogP contribution in [0.15, 0.2) is 29.1 Å². The molecule has 1 aromatic carbocycles. The van der Waals surface area contributed by atoms with Crippen molar-refractivity contribution >= 4 is 28.5 Å². The lowest BCUT2D eigenvalue weighted by Gasteiger charge is -2.37. The van der Waals surface area contributed by atoms with Gasteiger partial charge in [0.15, 0.2) is 11.7 Å². The molecule has 2 heterocycles. The number of halogens is 1. The second kappa shape index (κ2) is 6.71. The maximum atomic E-state index is 12.2. The van der Waals surface area contributed by atoms with Gasteiger partial charge in [-0.3, -0.25) is 4.79 Å². The number of ether oxygens (including phenoxy) is 2. The maximum Gasteiger partial charge on any atom is 0.357 e. The highest BCUT2D eigenvalue weighted by Crippen LogP contribution is 2.22. The first kappa shape index (κ1) is 17.8. The van der Waals surface area contributed by atoms with Crippen LogP contribution in [-0.2, 0) is 9.47 Å². The monoisotopic (exact) mass is 371 g/mol. The van der Waals surface area contributed by atoms with Gasteiger partial charge in [0.05, 0.1) is 5.52 Å². The Hall–Kier alpha value is -2.01. The lowest BCUT2D eigenvalue weighted by molar-refractivity contribution is -0.327. The molecule has 1 aliphatic rings. The van der Waals surface area contributed by atoms with Crippen LogP contribution in [0.1, 0.15) is 10.5 Å². The van der Waals surface area contributed by atoms with E-state index >= 15 is 0 Å². The van der Waals surface area contributed by atoms with E-state index in [0.717, 1.165) is 6.07 Å². The van der Waals surface area contributed by atoms with Gasteiger partial charge in [-0.15, -0.1) is 0 Å². The number of nitrogens with one attached hydrogen (secondary N) is 1. The van der Waals surface area contributed by atoms with Crippen LogP contribution in [0.3, 0.4) is 0 Å². The molecule has 0 aliphatic carbocycles. The van der Waals surface area contributed by atoms with E-state index in [2.05, 4.69) is 4.98 Å². The quantitative estimate of drug-likeness (QED) is 0.426. The molecule has 25 heavy (non-hydrogen) atoms. The van der Waals surface area contributed by atoms with Crippen LogP contribution >= 0.6 is 11.6 Å². The van der Waals surface area contributed by atoms with Crippen molar-refractivity contribution in [1.82, 2.24) is 4.98 Å². The number of benzene rings is 1. The summed E-state index contributed by atoms with van der Waals surface area (Å²) in [5.74, 6) is -1.07. The van der Waals surface area contributed by atoms with Gasteiger partial charge in [0.1, 0.15) is 24.0 Å². The van der Waals surface area contributed by atoms with E-state index in [-0.39, 0.29) is 5.69 Å². The topological polar surface area (TPSA) is 149 Å². The van der Waals surface area contributed by atoms with E-state index < -0.39 is 42.3 Å². The minimum Gasteiger partial charge on any atom is -0.428 e. The third kappa shape index (κ3) is 3.38. The highest BCUT2D eigenvalue weighted by Gasteiger charge is 2.45. The van der Waals surface area contributed by atoms with E-state index in [0.29, 0.717) is 15.9 Å². The number of fused-ring (bicyclic) bond motifs is 1. The number of aliphatic hydroxyl groups is 4. The van der Waals surface area contributed by atoms with E-state index in [9.17, 15) is 30.0 Å². The molecule has 9 nitrogen and oxygen atoms in total. The van der Waals surface area contributed by atoms with E-state index in [1.807, 2.05) is 0 Å². The molecule has 0 radical (unpaired) electrons. The number of aromatic nitrogens is 1. The first-order valence-corrected chi connectivity index (χ1v) is 7.57. The summed E-state index contributed by atoms with van der Waals surface area (Å²) in [4.78, 5) is 26.9. The third-order valence-electron chi connectivity index (χ3n) is 3.78. The predicted molar refractivity (Wildman–Crippen MR) is 83.9 cm³/mol. The number of rotatable bonds is 2. The van der Waals surface area contributed by atoms with E-state index in [1.165, 1.54) is 18.2 Å². The van der Waals surface area contributed by atoms with Crippen molar-refractivity contribution in [3.05, 3.63) is 45.2 Å². The van der Waals surface area contributed by atoms with Crippen molar-refractivity contribution in [1.29, 1.82) is 0 Å². The number of esters is 1. The smallest absolute Gasteiger partial charge is 0.357 e. The summed E-state index contributed by atoms with van der Waals surface area (Å²) >= 11 is 5.85. The lowest BCUT2D eigenvalue weighted by Crippen LogP contribution is -2.58. The Labute approximate surface area is 145 Å². The van der Waals surface area contributed by atoms with Crippen molar-refractivity contribution in [2.75, 3.05) is 0 Å². The van der Waals surface area contributed by atoms with Gasteiger partial charge >= 0.3 is 5.97 Å². The Balaban J connectivity index is 1.86. The van der Waals surface area contributed by atoms with E-state index in [4.69, 9.17) is 21.1 Å². The largest absolute Gasteiger partial charge is 0.428 e. The molecular weight excluding hydrogens is 358 g/mol. The van der Waals surface area contributed by atoms with Gasteiger partial charge in [-0.1, -0.05) is 11.6 Å². The molecule has 1 fully saturated rings. The average molecular weight is 372 g/mol. The maximum absolute atomic E-state index is 12.2. The highest BCUT2D eigenvalue weighted by atomic mass is 35.5. The summed E-state index contributed by atoms with van der Waals surface area (Å²) in [7, 11) is 0. The van der Waals surface area contributed by atoms with Crippen LogP contribution < -0.4 is 5.43 Å². The molecule has 134 valence electrons. The molecule has 1 aromatic heterocycles. The van der Waals surface area contributed by atoms with Crippen LogP contribution in [0.4, 0.5) is 0 Å². The van der Waals surface area contributed by atoms with Crippen molar-refractivity contribution in [2.45, 2.75) is 30.9 Å². The zero-order chi connectivity index (χ0) is 18.3. The lowest BCUT2D eigenvalue weighted by atomic mass is 10.0. The van der Waals surface area contributed by atoms with Crippen LogP contribution in [0.25, 0.3) is 10.9 Å². The number of carbonyl (C=O) groups is 1. The first-order valence-electron chi connectivity index (χ1n) is 7.19. The Bertz CT molecular complexity index is 868. The zero-order valence-corrected chi connectivity index (χ0v) is 13.3. The summed E-state index contributed by atoms with van der Waals surface area (Å²) in [6, 6.07) is 5.46. The van der Waals surface area contributed by atoms with Crippen LogP contribution in [-0.4, -0.2) is 62.3 Å². The zero-order valence-electron chi connectivity index (χ0n) is 12.5. The summed E-state index contributed by atoms with van der Waals surface area (Å²) < 4.78 is 9.62. The molecule has 0 amide bonds. The fraction of sp³-hybridized carbons (Fsp3) is 0.333. The normalized spacial score (nSPS) is 29.6. The van der Waals surface area contributed by atoms with Gasteiger partial charge in [-0.25, -0.2) is 4.79 Å². The third-order valence-corrected chi connectivity index (χ3v) is 4.01. The molecule has 0 bridgehead atoms. The number of aliphatic hydroxyl groups excluding tert-OH is 4. The van der Waals surface area contributed by atoms with Gasteiger partial charge in [0.2, 0.25) is 6.29 Å². The Morgan fingerprint density at radius 3 is 2.56 bits per heavy atom. The number of hydrogen-bond donors (Lipinski definition) is 5. The summed E-state index contributed by atoms with van der Waals surface area (Å²) in [6.45, 7) is 0. The van der Waals surface area contributed by atoms with Gasteiger partial charge in [0, 0.05) is 16.5 Å². The minimum atomic E-state index is -1.86. The SMILES string of the molecule is O=C(O[C@H]1O[C@@H](O)[C@H](O)[C@@H](O)[C@@H]1O)c1cc(=O)c2ccc(Cl)cc2[nH]1. The molecule has 5 atom stereocenters. The number of hydrogen-bond acceptors (Lipinski definition) is 8. The second-order valence-electron chi connectivity index (χ2n) is 5.51. The number of pyridine rings is 1. The van der Waals surface area contributed by atoms with Crippen molar-refractivity contribution in [3.8, 4) is 0 Å². The van der Waals surface area contributed by atoms with Crippen molar-refractivity contribution < 1.29 is 34.7 Å². The molecule has 1 saturated heterocycles. The fourth-order valence-corrected chi connectivity index (χ4v) is 2.60. The predicted octanol–water partition coefficient (Wildman–Crippen LogP) is -0.904. The molecule has 10 heteroatoms. The van der Waals surface area contributed by atoms with Crippen LogP contribution in [0, 0.1) is 0 Å². The number of aromatic amines is 1. The number of H-pyrrole nitrogens is 1. The summed E-state index contributed by atoms with van der Waals surface area (Å²) in [6.07, 6.45) is -8.92. The second-order valence-corrected chi connectivity index (χ2v) is 5.95. The van der Waals surface area contributed by atoms with E-state index in [1.54, 1.807) is 0 Å². The Morgan fingerprint density at radius 1 is 1.12 bits per heavy atom. The first-order chi connectivity index (χ1) is 11.8. The van der Waals surface area contributed by atoms with Gasteiger partial charge in [-0.2, -0.15) is 0 Å². The molecule has 5 N–H and O–H groups in total. The van der Waals surface area contributed by atoms with Crippen LogP contribution in [0.5, 0.6) is 0 Å². The highest BCUT2D eigenvalue weighted by molar-refractivity contribution is 6.31. The molecule has 0 unspecified atom stereocenters. The average Bonchev–Trinajstić information content (AvgIpc) is 2.57. The van der Waals surface area contributed by atoms with Gasteiger partial charge < -0.3 is 34.9 Å². The van der Waals surface area contributed by atoms with Crippen molar-refractivity contribution in [3.63, 3.8) is 0 Å². The van der Waals surface area contributed by atoms with Crippen molar-refractivity contribution in [2.24, 2.45) is 0 Å². The molecular formula is C15H14ClNO8. The molecule has 0 spiro atoms. The summed E-state index contributed by atoms with van der Waals surface area (Å²) in [5.41, 5.74) is -0.406. The minimum absolute atomic E-state index is 0.245. The van der Waals surface area contributed by atoms with Gasteiger partial charge in [0.25, 0.3) is 0 Å². The Kier molecular flexibility index (Phi) is 4.78. The molecule has 0 saturated carbocycles. The number of carbonyl (C=O) groups excluding carboxylic acids is 1. The Morgan fingerprint density at radius 2 is 1.84 bits per heavy atom. The standard InChI is InChI=1S/C15H14ClNO8/c16-5-1-2-6-7(3-5)17-8(4-9(6)18)13(22)24-15-12(21)10(19)11(20)14(23)25-15/h1-4,10-12,14-15,19-21,23H,(H,17,18)/t10-,11-,12+,14-,15+/m1/s1. The van der Waals surface area contributed by atoms with Gasteiger partial charge in [-0.05, 0) is 18.2 Å². The molecule has 1 aliphatic heterocycles. The summed E-state index contributed by atoms with van der Waals surface area (Å²) in [5, 5.41) is 38.8. The fourth-order valence-electron chi connectivity index (χ4n) is 2.43. The molecule has 2 aromatic rings. The molecule has 3 rings (SSSR count).